The van der Waals surface area contributed by atoms with Gasteiger partial charge in [-0.2, -0.15) is 0 Å². The van der Waals surface area contributed by atoms with Crippen LogP contribution < -0.4 is 20.6 Å². The molecule has 2 aromatic carbocycles. The predicted octanol–water partition coefficient (Wildman–Crippen LogP) is 3.05. The standard InChI is InChI=1S/C21H19N3O5/c1-22-20-18(24(26)27)16(12-8-10-13(11-9-12)23(2)3)17-19(29-20)14-6-4-5-7-15(14)28-21(17)25/h4-11,16,22H,1-3H3. The topological polar surface area (TPSA) is 97.9 Å². The van der Waals surface area contributed by atoms with Gasteiger partial charge in [-0.3, -0.25) is 10.1 Å². The lowest BCUT2D eigenvalue weighted by molar-refractivity contribution is -0.432. The van der Waals surface area contributed by atoms with Crippen molar-refractivity contribution in [3.05, 3.63) is 91.8 Å². The summed E-state index contributed by atoms with van der Waals surface area (Å²) in [5, 5.41) is 15.3. The average Bonchev–Trinajstić information content (AvgIpc) is 2.72. The van der Waals surface area contributed by atoms with Crippen molar-refractivity contribution in [2.45, 2.75) is 5.92 Å². The van der Waals surface area contributed by atoms with Crippen molar-refractivity contribution in [2.24, 2.45) is 0 Å². The highest BCUT2D eigenvalue weighted by atomic mass is 16.6. The molecule has 2 heterocycles. The van der Waals surface area contributed by atoms with Crippen molar-refractivity contribution >= 4 is 16.7 Å². The van der Waals surface area contributed by atoms with Crippen LogP contribution in [-0.4, -0.2) is 26.1 Å². The van der Waals surface area contributed by atoms with Crippen molar-refractivity contribution in [2.75, 3.05) is 26.0 Å². The molecule has 8 nitrogen and oxygen atoms in total. The summed E-state index contributed by atoms with van der Waals surface area (Å²) in [6, 6.07) is 14.2. The van der Waals surface area contributed by atoms with Crippen LogP contribution in [0.25, 0.3) is 11.0 Å². The van der Waals surface area contributed by atoms with Gasteiger partial charge in [0, 0.05) is 26.8 Å². The van der Waals surface area contributed by atoms with Gasteiger partial charge in [0.1, 0.15) is 11.5 Å². The first-order chi connectivity index (χ1) is 13.9. The third kappa shape index (κ3) is 2.98. The molecule has 4 rings (SSSR count). The van der Waals surface area contributed by atoms with Crippen LogP contribution in [0, 0.1) is 10.1 Å². The second-order valence-electron chi connectivity index (χ2n) is 6.87. The molecule has 0 aliphatic carbocycles. The maximum atomic E-state index is 12.9. The lowest BCUT2D eigenvalue weighted by atomic mass is 9.86. The molecule has 0 bridgehead atoms. The van der Waals surface area contributed by atoms with E-state index in [1.54, 1.807) is 43.4 Å². The summed E-state index contributed by atoms with van der Waals surface area (Å²) in [6.07, 6.45) is 0. The fourth-order valence-corrected chi connectivity index (χ4v) is 3.57. The second-order valence-corrected chi connectivity index (χ2v) is 6.87. The molecule has 29 heavy (non-hydrogen) atoms. The molecule has 0 saturated heterocycles. The van der Waals surface area contributed by atoms with Crippen LogP contribution in [0.3, 0.4) is 0 Å². The number of allylic oxidation sites excluding steroid dienone is 1. The number of rotatable bonds is 4. The predicted molar refractivity (Wildman–Crippen MR) is 109 cm³/mol. The number of nitro groups is 1. The van der Waals surface area contributed by atoms with Gasteiger partial charge >= 0.3 is 11.3 Å². The summed E-state index contributed by atoms with van der Waals surface area (Å²) in [4.78, 5) is 26.2. The summed E-state index contributed by atoms with van der Waals surface area (Å²) in [7, 11) is 5.35. The number of hydrogen-bond donors (Lipinski definition) is 1. The highest BCUT2D eigenvalue weighted by Crippen LogP contribution is 2.44. The van der Waals surface area contributed by atoms with Gasteiger partial charge in [-0.15, -0.1) is 0 Å². The van der Waals surface area contributed by atoms with Gasteiger partial charge in [-0.25, -0.2) is 4.79 Å². The highest BCUT2D eigenvalue weighted by molar-refractivity contribution is 5.85. The molecule has 0 amide bonds. The number of anilines is 1. The van der Waals surface area contributed by atoms with Gasteiger partial charge in [-0.1, -0.05) is 24.3 Å². The zero-order chi connectivity index (χ0) is 20.7. The highest BCUT2D eigenvalue weighted by Gasteiger charge is 2.42. The minimum atomic E-state index is -0.937. The molecule has 0 saturated carbocycles. The van der Waals surface area contributed by atoms with Gasteiger partial charge in [0.15, 0.2) is 5.75 Å². The molecule has 1 atom stereocenters. The van der Waals surface area contributed by atoms with E-state index in [2.05, 4.69) is 5.32 Å². The van der Waals surface area contributed by atoms with E-state index in [-0.39, 0.29) is 22.9 Å². The number of nitrogens with zero attached hydrogens (tertiary/aromatic N) is 2. The zero-order valence-corrected chi connectivity index (χ0v) is 16.1. The third-order valence-electron chi connectivity index (χ3n) is 4.96. The molecule has 3 aromatic rings. The number of benzene rings is 2. The molecular formula is C21H19N3O5. The van der Waals surface area contributed by atoms with Crippen molar-refractivity contribution < 1.29 is 14.1 Å². The van der Waals surface area contributed by atoms with Crippen LogP contribution >= 0.6 is 0 Å². The number of ether oxygens (including phenoxy) is 1. The van der Waals surface area contributed by atoms with E-state index in [1.807, 2.05) is 31.1 Å². The maximum absolute atomic E-state index is 12.9. The molecule has 0 fully saturated rings. The Kier molecular flexibility index (Phi) is 4.46. The number of fused-ring (bicyclic) bond motifs is 3. The van der Waals surface area contributed by atoms with E-state index in [9.17, 15) is 14.9 Å². The largest absolute Gasteiger partial charge is 0.434 e. The van der Waals surface area contributed by atoms with E-state index in [0.29, 0.717) is 16.5 Å². The molecule has 1 N–H and O–H groups in total. The molecule has 148 valence electrons. The van der Waals surface area contributed by atoms with Crippen molar-refractivity contribution in [3.8, 4) is 5.75 Å². The van der Waals surface area contributed by atoms with E-state index in [0.717, 1.165) is 5.69 Å². The fraction of sp³-hybridized carbons (Fsp3) is 0.190. The molecule has 1 aliphatic heterocycles. The third-order valence-corrected chi connectivity index (χ3v) is 4.96. The summed E-state index contributed by atoms with van der Waals surface area (Å²) >= 11 is 0. The van der Waals surface area contributed by atoms with E-state index >= 15 is 0 Å². The summed E-state index contributed by atoms with van der Waals surface area (Å²) in [5.74, 6) is -0.665. The maximum Gasteiger partial charge on any atom is 0.344 e. The Morgan fingerprint density at radius 2 is 1.79 bits per heavy atom. The summed E-state index contributed by atoms with van der Waals surface area (Å²) in [5.41, 5.74) is 1.12. The first-order valence-electron chi connectivity index (χ1n) is 8.99. The first-order valence-corrected chi connectivity index (χ1v) is 8.99. The molecule has 0 radical (unpaired) electrons. The van der Waals surface area contributed by atoms with Crippen LogP contribution in [0.2, 0.25) is 0 Å². The van der Waals surface area contributed by atoms with Gasteiger partial charge in [0.2, 0.25) is 0 Å². The molecule has 0 spiro atoms. The normalized spacial score (nSPS) is 15.6. The smallest absolute Gasteiger partial charge is 0.344 e. The Labute approximate surface area is 166 Å². The van der Waals surface area contributed by atoms with Crippen molar-refractivity contribution in [1.29, 1.82) is 0 Å². The SMILES string of the molecule is CNC1=C([N+](=O)[O-])C(c2ccc(N(C)C)cc2)c2c(c3ccccc3oc2=O)O1. The Hall–Kier alpha value is -3.81. The molecule has 8 heteroatoms. The average molecular weight is 393 g/mol. The Morgan fingerprint density at radius 1 is 1.10 bits per heavy atom. The minimum absolute atomic E-state index is 0.0000563. The van der Waals surface area contributed by atoms with Gasteiger partial charge < -0.3 is 19.4 Å². The van der Waals surface area contributed by atoms with Gasteiger partial charge in [0.05, 0.1) is 15.9 Å². The quantitative estimate of drug-likeness (QED) is 0.413. The van der Waals surface area contributed by atoms with Crippen molar-refractivity contribution in [1.82, 2.24) is 5.32 Å². The second kappa shape index (κ2) is 6.97. The van der Waals surface area contributed by atoms with E-state index in [4.69, 9.17) is 9.15 Å². The Balaban J connectivity index is 2.03. The number of hydrogen-bond acceptors (Lipinski definition) is 7. The molecular weight excluding hydrogens is 374 g/mol. The summed E-state index contributed by atoms with van der Waals surface area (Å²) in [6.45, 7) is 0. The fourth-order valence-electron chi connectivity index (χ4n) is 3.57. The van der Waals surface area contributed by atoms with Gasteiger partial charge in [0.25, 0.3) is 5.88 Å². The zero-order valence-electron chi connectivity index (χ0n) is 16.1. The van der Waals surface area contributed by atoms with Crippen molar-refractivity contribution in [3.63, 3.8) is 0 Å². The van der Waals surface area contributed by atoms with Crippen LogP contribution in [0.15, 0.2) is 69.3 Å². The lowest BCUT2D eigenvalue weighted by Gasteiger charge is -2.25. The van der Waals surface area contributed by atoms with E-state index < -0.39 is 16.5 Å². The van der Waals surface area contributed by atoms with Crippen LogP contribution in [0.4, 0.5) is 5.69 Å². The number of nitrogens with one attached hydrogen (secondary N) is 1. The van der Waals surface area contributed by atoms with Crippen LogP contribution in [-0.2, 0) is 0 Å². The van der Waals surface area contributed by atoms with Crippen LogP contribution in [0.5, 0.6) is 5.75 Å². The molecule has 1 unspecified atom stereocenters. The molecule has 1 aliphatic rings. The monoisotopic (exact) mass is 393 g/mol. The van der Waals surface area contributed by atoms with E-state index in [1.165, 1.54) is 0 Å². The molecule has 1 aromatic heterocycles. The minimum Gasteiger partial charge on any atom is -0.434 e. The number of para-hydroxylation sites is 1. The van der Waals surface area contributed by atoms with Gasteiger partial charge in [-0.05, 0) is 29.8 Å². The van der Waals surface area contributed by atoms with Crippen LogP contribution in [0.1, 0.15) is 17.0 Å². The lowest BCUT2D eigenvalue weighted by Crippen LogP contribution is -2.31. The summed E-state index contributed by atoms with van der Waals surface area (Å²) < 4.78 is 11.3. The Bertz CT molecular complexity index is 1200. The Morgan fingerprint density at radius 3 is 2.41 bits per heavy atom. The first kappa shape index (κ1) is 18.5.